The molecule has 0 aromatic rings. The summed E-state index contributed by atoms with van der Waals surface area (Å²) in [5.41, 5.74) is 0. The minimum absolute atomic E-state index is 0.0278. The van der Waals surface area contributed by atoms with Crippen LogP contribution in [0.1, 0.15) is 0 Å². The Morgan fingerprint density at radius 1 is 1.04 bits per heavy atom. The van der Waals surface area contributed by atoms with E-state index in [4.69, 9.17) is 22.6 Å². The van der Waals surface area contributed by atoms with E-state index in [1.807, 2.05) is 0 Å². The summed E-state index contributed by atoms with van der Waals surface area (Å²) in [6, 6.07) is 0. The SMILES string of the molecule is C1COCCN1.[C-]#[N+]CC(=O)N1CCOCC1.[C-]#[N+]CC(=O)OC. The molecule has 2 rings (SSSR count). The van der Waals surface area contributed by atoms with E-state index in [1.54, 1.807) is 4.90 Å². The fraction of sp³-hybridized carbons (Fsp3) is 0.733. The molecule has 0 radical (unpaired) electrons. The predicted molar refractivity (Wildman–Crippen MR) is 86.0 cm³/mol. The summed E-state index contributed by atoms with van der Waals surface area (Å²) in [4.78, 5) is 28.5. The number of hydrogen-bond acceptors (Lipinski definition) is 6. The van der Waals surface area contributed by atoms with Crippen molar-refractivity contribution in [3.05, 3.63) is 22.8 Å². The highest BCUT2D eigenvalue weighted by atomic mass is 16.5. The molecule has 134 valence electrons. The molecule has 0 aromatic heterocycles. The summed E-state index contributed by atoms with van der Waals surface area (Å²) in [5, 5.41) is 3.16. The van der Waals surface area contributed by atoms with Crippen LogP contribution < -0.4 is 5.32 Å². The number of esters is 1. The van der Waals surface area contributed by atoms with Gasteiger partial charge in [0.1, 0.15) is 0 Å². The summed E-state index contributed by atoms with van der Waals surface area (Å²) in [7, 11) is 1.26. The van der Waals surface area contributed by atoms with Gasteiger partial charge in [0.15, 0.2) is 0 Å². The number of methoxy groups -OCH3 is 1. The second-order valence-electron chi connectivity index (χ2n) is 4.56. The molecule has 0 spiro atoms. The van der Waals surface area contributed by atoms with Gasteiger partial charge in [0, 0.05) is 26.2 Å². The number of amides is 1. The first-order valence-electron chi connectivity index (χ1n) is 7.53. The van der Waals surface area contributed by atoms with Gasteiger partial charge in [-0.15, -0.1) is 0 Å². The lowest BCUT2D eigenvalue weighted by Crippen LogP contribution is -2.41. The second kappa shape index (κ2) is 15.7. The van der Waals surface area contributed by atoms with Gasteiger partial charge in [-0.25, -0.2) is 17.9 Å². The highest BCUT2D eigenvalue weighted by Gasteiger charge is 2.17. The van der Waals surface area contributed by atoms with Gasteiger partial charge in [0.2, 0.25) is 0 Å². The highest BCUT2D eigenvalue weighted by Crippen LogP contribution is 1.97. The number of ether oxygens (including phenoxy) is 3. The Morgan fingerprint density at radius 3 is 1.92 bits per heavy atom. The molecule has 9 nitrogen and oxygen atoms in total. The third kappa shape index (κ3) is 12.4. The third-order valence-electron chi connectivity index (χ3n) is 2.86. The molecule has 2 heterocycles. The maximum atomic E-state index is 11.1. The number of nitrogens with one attached hydrogen (secondary N) is 1. The molecular formula is C15H24N4O5. The van der Waals surface area contributed by atoms with Crippen LogP contribution >= 0.6 is 0 Å². The molecular weight excluding hydrogens is 316 g/mol. The van der Waals surface area contributed by atoms with E-state index >= 15 is 0 Å². The van der Waals surface area contributed by atoms with Crippen LogP contribution in [0, 0.1) is 13.1 Å². The molecule has 0 atom stereocenters. The quantitative estimate of drug-likeness (QED) is 0.536. The third-order valence-corrected chi connectivity index (χ3v) is 2.86. The van der Waals surface area contributed by atoms with Gasteiger partial charge in [-0.3, -0.25) is 4.79 Å². The first kappa shape index (κ1) is 21.8. The number of hydrogen-bond donors (Lipinski definition) is 1. The Morgan fingerprint density at radius 2 is 1.58 bits per heavy atom. The highest BCUT2D eigenvalue weighted by molar-refractivity contribution is 5.79. The van der Waals surface area contributed by atoms with Crippen LogP contribution in [0.15, 0.2) is 0 Å². The molecule has 2 aliphatic heterocycles. The summed E-state index contributed by atoms with van der Waals surface area (Å²) in [6.45, 7) is 18.8. The number of rotatable bonds is 2. The minimum atomic E-state index is -0.477. The van der Waals surface area contributed by atoms with Crippen molar-refractivity contribution in [1.82, 2.24) is 10.2 Å². The van der Waals surface area contributed by atoms with Crippen LogP contribution in [0.25, 0.3) is 9.69 Å². The van der Waals surface area contributed by atoms with Crippen LogP contribution in [0.5, 0.6) is 0 Å². The maximum Gasteiger partial charge on any atom is 0.386 e. The monoisotopic (exact) mass is 340 g/mol. The van der Waals surface area contributed by atoms with Crippen LogP contribution in [0.2, 0.25) is 0 Å². The molecule has 0 aliphatic carbocycles. The first-order valence-corrected chi connectivity index (χ1v) is 7.53. The average molecular weight is 340 g/mol. The van der Waals surface area contributed by atoms with Gasteiger partial charge in [-0.1, -0.05) is 0 Å². The Labute approximate surface area is 142 Å². The van der Waals surface area contributed by atoms with Crippen molar-refractivity contribution < 1.29 is 23.8 Å². The van der Waals surface area contributed by atoms with E-state index < -0.39 is 5.97 Å². The summed E-state index contributed by atoms with van der Waals surface area (Å²) >= 11 is 0. The van der Waals surface area contributed by atoms with Crippen molar-refractivity contribution in [2.24, 2.45) is 0 Å². The van der Waals surface area contributed by atoms with E-state index in [1.165, 1.54) is 7.11 Å². The van der Waals surface area contributed by atoms with Crippen molar-refractivity contribution >= 4 is 11.9 Å². The van der Waals surface area contributed by atoms with Crippen molar-refractivity contribution in [1.29, 1.82) is 0 Å². The molecule has 2 saturated heterocycles. The van der Waals surface area contributed by atoms with E-state index in [0.29, 0.717) is 26.3 Å². The number of morpholine rings is 2. The van der Waals surface area contributed by atoms with E-state index in [-0.39, 0.29) is 19.0 Å². The lowest BCUT2D eigenvalue weighted by Gasteiger charge is -2.24. The molecule has 2 aliphatic rings. The zero-order valence-corrected chi connectivity index (χ0v) is 14.0. The van der Waals surface area contributed by atoms with Gasteiger partial charge < -0.3 is 34.1 Å². The Balaban J connectivity index is 0.000000352. The smallest absolute Gasteiger partial charge is 0.386 e. The number of carbonyl (C=O) groups is 2. The van der Waals surface area contributed by atoms with E-state index in [0.717, 1.165) is 26.3 Å². The predicted octanol–water partition coefficient (Wildman–Crippen LogP) is -0.551. The fourth-order valence-electron chi connectivity index (χ4n) is 1.63. The zero-order valence-electron chi connectivity index (χ0n) is 14.0. The van der Waals surface area contributed by atoms with Crippen molar-refractivity contribution in [3.63, 3.8) is 0 Å². The Hall–Kier alpha value is -2.20. The van der Waals surface area contributed by atoms with Gasteiger partial charge in [0.05, 0.1) is 33.5 Å². The topological polar surface area (TPSA) is 85.8 Å². The normalized spacial score (nSPS) is 16.0. The molecule has 1 amide bonds. The van der Waals surface area contributed by atoms with Crippen LogP contribution in [0.3, 0.4) is 0 Å². The van der Waals surface area contributed by atoms with Crippen LogP contribution in [0.4, 0.5) is 0 Å². The molecule has 1 N–H and O–H groups in total. The van der Waals surface area contributed by atoms with E-state index in [9.17, 15) is 9.59 Å². The second-order valence-corrected chi connectivity index (χ2v) is 4.56. The number of carbonyl (C=O) groups excluding carboxylic acids is 2. The van der Waals surface area contributed by atoms with Crippen molar-refractivity contribution in [2.75, 3.05) is 72.8 Å². The largest absolute Gasteiger partial charge is 0.464 e. The van der Waals surface area contributed by atoms with Gasteiger partial charge >= 0.3 is 18.4 Å². The first-order chi connectivity index (χ1) is 11.7. The Bertz CT molecular complexity index is 423. The van der Waals surface area contributed by atoms with Gasteiger partial charge in [0.25, 0.3) is 6.54 Å². The molecule has 0 unspecified atom stereocenters. The van der Waals surface area contributed by atoms with E-state index in [2.05, 4.69) is 19.7 Å². The van der Waals surface area contributed by atoms with Crippen LogP contribution in [-0.4, -0.2) is 89.6 Å². The summed E-state index contributed by atoms with van der Waals surface area (Å²) in [6.07, 6.45) is 0. The van der Waals surface area contributed by atoms with Gasteiger partial charge in [-0.2, -0.15) is 0 Å². The average Bonchev–Trinajstić information content (AvgIpc) is 2.65. The molecule has 24 heavy (non-hydrogen) atoms. The lowest BCUT2D eigenvalue weighted by atomic mass is 10.4. The Kier molecular flexibility index (Phi) is 14.2. The lowest BCUT2D eigenvalue weighted by molar-refractivity contribution is -0.138. The van der Waals surface area contributed by atoms with Crippen molar-refractivity contribution in [3.8, 4) is 0 Å². The van der Waals surface area contributed by atoms with Gasteiger partial charge in [-0.05, 0) is 0 Å². The zero-order chi connectivity index (χ0) is 18.0. The summed E-state index contributed by atoms with van der Waals surface area (Å²) < 4.78 is 14.2. The fourth-order valence-corrected chi connectivity index (χ4v) is 1.63. The molecule has 2 fully saturated rings. The van der Waals surface area contributed by atoms with Crippen molar-refractivity contribution in [2.45, 2.75) is 0 Å². The maximum absolute atomic E-state index is 11.1. The number of nitrogens with zero attached hydrogens (tertiary/aromatic N) is 3. The standard InChI is InChI=1S/C7H10N2O2.C4H5NO2.C4H9NO/c1-8-6-7(10)9-2-4-11-5-3-9;1-5-3-4(6)7-2;1-3-6-4-2-5-1/h2-6H2;3H2,2H3;5H,1-4H2. The molecule has 9 heteroatoms. The van der Waals surface area contributed by atoms with Crippen LogP contribution in [-0.2, 0) is 23.8 Å². The minimum Gasteiger partial charge on any atom is -0.464 e. The molecule has 0 bridgehead atoms. The molecule has 0 saturated carbocycles. The molecule has 0 aromatic carbocycles. The summed E-state index contributed by atoms with van der Waals surface area (Å²) in [5.74, 6) is -0.557.